The van der Waals surface area contributed by atoms with Crippen LogP contribution < -0.4 is 0 Å². The lowest BCUT2D eigenvalue weighted by Gasteiger charge is -2.35. The summed E-state index contributed by atoms with van der Waals surface area (Å²) in [6, 6.07) is 0.699. The number of rotatable bonds is 16. The van der Waals surface area contributed by atoms with E-state index in [-0.39, 0.29) is 12.7 Å². The van der Waals surface area contributed by atoms with Gasteiger partial charge in [-0.25, -0.2) is 4.79 Å². The van der Waals surface area contributed by atoms with Gasteiger partial charge in [-0.1, -0.05) is 6.58 Å². The van der Waals surface area contributed by atoms with E-state index in [0.29, 0.717) is 25.9 Å². The van der Waals surface area contributed by atoms with Crippen LogP contribution in [0.3, 0.4) is 0 Å². The van der Waals surface area contributed by atoms with Crippen LogP contribution in [0.15, 0.2) is 12.7 Å². The highest BCUT2D eigenvalue weighted by Gasteiger charge is 2.36. The minimum absolute atomic E-state index is 0.00185. The predicted octanol–water partition coefficient (Wildman–Crippen LogP) is 2.81. The third-order valence-corrected chi connectivity index (χ3v) is 8.12. The maximum atomic E-state index is 11.9. The molecule has 0 aromatic rings. The van der Waals surface area contributed by atoms with Gasteiger partial charge in [0.2, 0.25) is 0 Å². The van der Waals surface area contributed by atoms with Crippen LogP contribution in [0.2, 0.25) is 45.3 Å². The molecule has 7 nitrogen and oxygen atoms in total. The molecule has 0 aromatic heterocycles. The fourth-order valence-electron chi connectivity index (χ4n) is 2.26. The van der Waals surface area contributed by atoms with Gasteiger partial charge in [0, 0.05) is 12.7 Å². The van der Waals surface area contributed by atoms with Gasteiger partial charge in [-0.2, -0.15) is 0 Å². The van der Waals surface area contributed by atoms with E-state index in [4.69, 9.17) is 27.9 Å². The maximum Gasteiger partial charge on any atom is 0.316 e. The molecular formula is C18H40O7Si3. The summed E-state index contributed by atoms with van der Waals surface area (Å²) in [4.78, 5) is 11.9. The number of ether oxygens (including phenoxy) is 2. The lowest BCUT2D eigenvalue weighted by atomic mass is 10.4. The number of aliphatic hydroxyl groups is 1. The molecule has 1 N–H and O–H groups in total. The molecule has 0 amide bonds. The zero-order valence-corrected chi connectivity index (χ0v) is 21.8. The van der Waals surface area contributed by atoms with Gasteiger partial charge in [0.05, 0.1) is 25.9 Å². The zero-order valence-electron chi connectivity index (χ0n) is 18.7. The normalized spacial score (nSPS) is 14.8. The van der Waals surface area contributed by atoms with Crippen LogP contribution in [0.4, 0.5) is 0 Å². The number of hydrogen-bond donors (Lipinski definition) is 1. The van der Waals surface area contributed by atoms with Gasteiger partial charge >= 0.3 is 5.97 Å². The molecule has 2 atom stereocenters. The topological polar surface area (TPSA) is 83.5 Å². The van der Waals surface area contributed by atoms with Gasteiger partial charge in [-0.15, -0.1) is 0 Å². The van der Waals surface area contributed by atoms with Gasteiger partial charge in [0.1, 0.15) is 0 Å². The second-order valence-corrected chi connectivity index (χ2v) is 20.0. The van der Waals surface area contributed by atoms with Crippen molar-refractivity contribution in [1.29, 1.82) is 0 Å². The highest BCUT2D eigenvalue weighted by Crippen LogP contribution is 2.20. The highest BCUT2D eigenvalue weighted by molar-refractivity contribution is 6.72. The largest absolute Gasteiger partial charge is 0.514 e. The monoisotopic (exact) mass is 452 g/mol. The quantitative estimate of drug-likeness (QED) is 0.167. The summed E-state index contributed by atoms with van der Waals surface area (Å²) in [5.41, 5.74) is 0. The Morgan fingerprint density at radius 2 is 1.68 bits per heavy atom. The van der Waals surface area contributed by atoms with Crippen molar-refractivity contribution in [1.82, 2.24) is 0 Å². The molecule has 0 spiro atoms. The Kier molecular flexibility index (Phi) is 13.6. The lowest BCUT2D eigenvalue weighted by molar-refractivity contribution is -0.130. The summed E-state index contributed by atoms with van der Waals surface area (Å²) in [6.45, 7) is 19.3. The third kappa shape index (κ3) is 15.6. The Morgan fingerprint density at radius 3 is 2.14 bits per heavy atom. The Hall–Kier alpha value is -0.339. The fourth-order valence-corrected chi connectivity index (χ4v) is 8.97. The first-order valence-electron chi connectivity index (χ1n) is 9.87. The average molecular weight is 453 g/mol. The summed E-state index contributed by atoms with van der Waals surface area (Å²) in [6.07, 6.45) is 1.86. The molecule has 2 unspecified atom stereocenters. The van der Waals surface area contributed by atoms with Gasteiger partial charge in [-0.3, -0.25) is 0 Å². The Labute approximate surface area is 174 Å². The van der Waals surface area contributed by atoms with E-state index in [2.05, 4.69) is 45.9 Å². The standard InChI is InChI=1S/C18H40O7Si3/c1-9-17(20)23-26(14-10-12-21-15-16(2)22-13-11-19)18(24-27(3,4)5)25-28(6,7)8/h9,16,18-19,26H,1,10-15H2,2-8H3. The molecular weight excluding hydrogens is 412 g/mol. The Balaban J connectivity index is 4.82. The van der Waals surface area contributed by atoms with E-state index in [0.717, 1.165) is 6.42 Å². The summed E-state index contributed by atoms with van der Waals surface area (Å²) in [5, 5.41) is 8.76. The number of carbonyl (C=O) groups excluding carboxylic acids is 1. The fraction of sp³-hybridized carbons (Fsp3) is 0.833. The lowest BCUT2D eigenvalue weighted by Crippen LogP contribution is -2.49. The van der Waals surface area contributed by atoms with Gasteiger partial charge in [0.15, 0.2) is 22.5 Å². The molecule has 0 aliphatic carbocycles. The van der Waals surface area contributed by atoms with Crippen LogP contribution in [0.1, 0.15) is 13.3 Å². The molecule has 28 heavy (non-hydrogen) atoms. The van der Waals surface area contributed by atoms with E-state index >= 15 is 0 Å². The minimum Gasteiger partial charge on any atom is -0.514 e. The second kappa shape index (κ2) is 13.8. The van der Waals surface area contributed by atoms with E-state index < -0.39 is 37.6 Å². The summed E-state index contributed by atoms with van der Waals surface area (Å²) in [5.74, 6) is -0.874. The van der Waals surface area contributed by atoms with Crippen LogP contribution in [0.25, 0.3) is 0 Å². The molecule has 166 valence electrons. The van der Waals surface area contributed by atoms with Crippen molar-refractivity contribution in [2.75, 3.05) is 26.4 Å². The van der Waals surface area contributed by atoms with Crippen molar-refractivity contribution >= 4 is 31.6 Å². The molecule has 0 fully saturated rings. The van der Waals surface area contributed by atoms with Crippen LogP contribution in [-0.2, 0) is 27.5 Å². The molecule has 0 bridgehead atoms. The molecule has 0 heterocycles. The van der Waals surface area contributed by atoms with Crippen molar-refractivity contribution in [3.8, 4) is 0 Å². The summed E-state index contributed by atoms with van der Waals surface area (Å²) >= 11 is 0. The molecule has 0 aromatic carbocycles. The van der Waals surface area contributed by atoms with Gasteiger partial charge in [-0.05, 0) is 58.7 Å². The molecule has 0 radical (unpaired) electrons. The van der Waals surface area contributed by atoms with Crippen molar-refractivity contribution < 1.29 is 32.7 Å². The number of aliphatic hydroxyl groups excluding tert-OH is 1. The van der Waals surface area contributed by atoms with Gasteiger partial charge in [0.25, 0.3) is 9.04 Å². The minimum atomic E-state index is -2.15. The van der Waals surface area contributed by atoms with E-state index in [1.54, 1.807) is 0 Å². The predicted molar refractivity (Wildman–Crippen MR) is 119 cm³/mol. The molecule has 0 saturated carbocycles. The van der Waals surface area contributed by atoms with E-state index in [9.17, 15) is 4.79 Å². The van der Waals surface area contributed by atoms with Crippen molar-refractivity contribution in [3.63, 3.8) is 0 Å². The Morgan fingerprint density at radius 1 is 1.11 bits per heavy atom. The van der Waals surface area contributed by atoms with Crippen molar-refractivity contribution in [2.45, 2.75) is 70.7 Å². The third-order valence-electron chi connectivity index (χ3n) is 3.30. The molecule has 0 aliphatic heterocycles. The molecule has 0 rings (SSSR count). The first kappa shape index (κ1) is 27.7. The number of hydrogen-bond acceptors (Lipinski definition) is 7. The van der Waals surface area contributed by atoms with E-state index in [1.165, 1.54) is 6.08 Å². The first-order valence-corrected chi connectivity index (χ1v) is 18.6. The molecule has 0 aliphatic rings. The SMILES string of the molecule is C=CC(=O)O[SiH](CCCOCC(C)OCCO)C(O[Si](C)(C)C)O[Si](C)(C)C. The maximum absolute atomic E-state index is 11.9. The number of carbonyl (C=O) groups is 1. The van der Waals surface area contributed by atoms with E-state index in [1.807, 2.05) is 6.92 Å². The van der Waals surface area contributed by atoms with Crippen LogP contribution >= 0.6 is 0 Å². The van der Waals surface area contributed by atoms with Crippen LogP contribution in [0.5, 0.6) is 0 Å². The van der Waals surface area contributed by atoms with Crippen molar-refractivity contribution in [2.24, 2.45) is 0 Å². The molecule has 0 saturated heterocycles. The first-order chi connectivity index (χ1) is 12.9. The van der Waals surface area contributed by atoms with Crippen LogP contribution in [0, 0.1) is 0 Å². The molecule has 10 heteroatoms. The highest BCUT2D eigenvalue weighted by atomic mass is 28.4. The second-order valence-electron chi connectivity index (χ2n) is 8.63. The smallest absolute Gasteiger partial charge is 0.316 e. The average Bonchev–Trinajstić information content (AvgIpc) is 2.55. The summed E-state index contributed by atoms with van der Waals surface area (Å²) < 4.78 is 29.3. The Bertz CT molecular complexity index is 433. The van der Waals surface area contributed by atoms with Crippen LogP contribution in [-0.4, -0.2) is 75.2 Å². The van der Waals surface area contributed by atoms with Crippen molar-refractivity contribution in [3.05, 3.63) is 12.7 Å². The van der Waals surface area contributed by atoms with Gasteiger partial charge < -0.3 is 27.9 Å². The zero-order chi connectivity index (χ0) is 21.8. The summed E-state index contributed by atoms with van der Waals surface area (Å²) in [7, 11) is -5.91.